The van der Waals surface area contributed by atoms with Gasteiger partial charge in [0.15, 0.2) is 0 Å². The van der Waals surface area contributed by atoms with Crippen molar-refractivity contribution in [2.45, 2.75) is 46.1 Å². The standard InChI is InChI=1S/C10H23OP/c1-4-5-6-9(8(2)3)10(11)7-12/h8-11H,4-7,12H2,1-3H3. The third-order valence-corrected chi connectivity index (χ3v) is 2.97. The van der Waals surface area contributed by atoms with Crippen molar-refractivity contribution in [1.82, 2.24) is 0 Å². The van der Waals surface area contributed by atoms with Crippen molar-refractivity contribution < 1.29 is 5.11 Å². The lowest BCUT2D eigenvalue weighted by Gasteiger charge is -2.25. The Morgan fingerprint density at radius 3 is 2.25 bits per heavy atom. The summed E-state index contributed by atoms with van der Waals surface area (Å²) in [5.74, 6) is 1.09. The molecule has 12 heavy (non-hydrogen) atoms. The van der Waals surface area contributed by atoms with Crippen molar-refractivity contribution in [3.05, 3.63) is 0 Å². The molecular weight excluding hydrogens is 167 g/mol. The van der Waals surface area contributed by atoms with Gasteiger partial charge in [-0.1, -0.05) is 33.6 Å². The van der Waals surface area contributed by atoms with Gasteiger partial charge in [-0.15, -0.1) is 9.24 Å². The van der Waals surface area contributed by atoms with Gasteiger partial charge in [0, 0.05) is 0 Å². The van der Waals surface area contributed by atoms with Gasteiger partial charge < -0.3 is 5.11 Å². The highest BCUT2D eigenvalue weighted by molar-refractivity contribution is 7.16. The van der Waals surface area contributed by atoms with E-state index in [1.54, 1.807) is 0 Å². The summed E-state index contributed by atoms with van der Waals surface area (Å²) < 4.78 is 0. The van der Waals surface area contributed by atoms with Gasteiger partial charge in [0.1, 0.15) is 0 Å². The molecule has 0 aromatic carbocycles. The zero-order chi connectivity index (χ0) is 9.56. The predicted molar refractivity (Wildman–Crippen MR) is 58.4 cm³/mol. The topological polar surface area (TPSA) is 20.2 Å². The first-order valence-corrected chi connectivity index (χ1v) is 5.83. The maximum Gasteiger partial charge on any atom is 0.0605 e. The van der Waals surface area contributed by atoms with Crippen molar-refractivity contribution in [2.24, 2.45) is 11.8 Å². The molecule has 0 spiro atoms. The lowest BCUT2D eigenvalue weighted by atomic mass is 9.86. The molecule has 0 saturated carbocycles. The Labute approximate surface area is 79.1 Å². The van der Waals surface area contributed by atoms with Crippen LogP contribution >= 0.6 is 9.24 Å². The van der Waals surface area contributed by atoms with E-state index >= 15 is 0 Å². The van der Waals surface area contributed by atoms with Gasteiger partial charge in [-0.2, -0.15) is 0 Å². The van der Waals surface area contributed by atoms with Gasteiger partial charge in [-0.05, 0) is 24.4 Å². The molecular formula is C10H23OP. The van der Waals surface area contributed by atoms with E-state index in [2.05, 4.69) is 30.0 Å². The molecule has 0 aromatic rings. The van der Waals surface area contributed by atoms with Crippen molar-refractivity contribution in [3.8, 4) is 0 Å². The Morgan fingerprint density at radius 2 is 1.92 bits per heavy atom. The molecule has 0 bridgehead atoms. The summed E-state index contributed by atoms with van der Waals surface area (Å²) in [5.41, 5.74) is 0. The minimum Gasteiger partial charge on any atom is -0.392 e. The summed E-state index contributed by atoms with van der Waals surface area (Å²) in [6.45, 7) is 6.60. The molecule has 0 saturated heterocycles. The molecule has 0 heterocycles. The summed E-state index contributed by atoms with van der Waals surface area (Å²) in [6, 6.07) is 0. The molecule has 0 rings (SSSR count). The van der Waals surface area contributed by atoms with Crippen LogP contribution in [-0.2, 0) is 0 Å². The molecule has 1 N–H and O–H groups in total. The third kappa shape index (κ3) is 4.42. The summed E-state index contributed by atoms with van der Waals surface area (Å²) in [4.78, 5) is 0. The fourth-order valence-electron chi connectivity index (χ4n) is 1.58. The van der Waals surface area contributed by atoms with Crippen LogP contribution in [0.2, 0.25) is 0 Å². The number of aliphatic hydroxyl groups excluding tert-OH is 1. The van der Waals surface area contributed by atoms with Crippen molar-refractivity contribution >= 4 is 9.24 Å². The normalized spacial score (nSPS) is 16.5. The van der Waals surface area contributed by atoms with E-state index < -0.39 is 0 Å². The van der Waals surface area contributed by atoms with Gasteiger partial charge >= 0.3 is 0 Å². The van der Waals surface area contributed by atoms with E-state index in [4.69, 9.17) is 0 Å². The number of unbranched alkanes of at least 4 members (excludes halogenated alkanes) is 1. The summed E-state index contributed by atoms with van der Waals surface area (Å²) >= 11 is 0. The first kappa shape index (κ1) is 12.4. The SMILES string of the molecule is CCCCC(C(C)C)C(O)CP. The number of hydrogen-bond acceptors (Lipinski definition) is 1. The van der Waals surface area contributed by atoms with Crippen LogP contribution in [-0.4, -0.2) is 17.4 Å². The minimum atomic E-state index is -0.124. The molecule has 3 unspecified atom stereocenters. The molecule has 74 valence electrons. The number of aliphatic hydroxyl groups is 1. The van der Waals surface area contributed by atoms with Gasteiger partial charge in [0.25, 0.3) is 0 Å². The quantitative estimate of drug-likeness (QED) is 0.638. The monoisotopic (exact) mass is 190 g/mol. The molecule has 0 fully saturated rings. The summed E-state index contributed by atoms with van der Waals surface area (Å²) in [5, 5.41) is 9.69. The van der Waals surface area contributed by atoms with E-state index in [0.717, 1.165) is 6.16 Å². The first-order chi connectivity index (χ1) is 5.63. The predicted octanol–water partition coefficient (Wildman–Crippen LogP) is 2.68. The number of hydrogen-bond donors (Lipinski definition) is 1. The van der Waals surface area contributed by atoms with E-state index in [0.29, 0.717) is 11.8 Å². The second-order valence-corrected chi connectivity index (χ2v) is 4.32. The third-order valence-electron chi connectivity index (χ3n) is 2.48. The Hall–Kier alpha value is 0.390. The largest absolute Gasteiger partial charge is 0.392 e. The van der Waals surface area contributed by atoms with Crippen LogP contribution in [0.15, 0.2) is 0 Å². The Balaban J connectivity index is 3.85. The average Bonchev–Trinajstić information content (AvgIpc) is 2.04. The zero-order valence-electron chi connectivity index (χ0n) is 8.59. The molecule has 3 atom stereocenters. The highest BCUT2D eigenvalue weighted by atomic mass is 31.0. The molecule has 1 nitrogen and oxygen atoms in total. The molecule has 2 heteroatoms. The van der Waals surface area contributed by atoms with E-state index in [1.165, 1.54) is 19.3 Å². The molecule has 0 radical (unpaired) electrons. The number of rotatable bonds is 6. The minimum absolute atomic E-state index is 0.124. The van der Waals surface area contributed by atoms with E-state index in [-0.39, 0.29) is 6.10 Å². The van der Waals surface area contributed by atoms with Gasteiger partial charge in [0.05, 0.1) is 6.10 Å². The van der Waals surface area contributed by atoms with Gasteiger partial charge in [0.2, 0.25) is 0 Å². The van der Waals surface area contributed by atoms with Crippen LogP contribution in [0.5, 0.6) is 0 Å². The van der Waals surface area contributed by atoms with Crippen LogP contribution in [0, 0.1) is 11.8 Å². The van der Waals surface area contributed by atoms with Crippen LogP contribution in [0.3, 0.4) is 0 Å². The van der Waals surface area contributed by atoms with E-state index in [9.17, 15) is 5.11 Å². The van der Waals surface area contributed by atoms with Crippen LogP contribution in [0.1, 0.15) is 40.0 Å². The maximum absolute atomic E-state index is 9.69. The van der Waals surface area contributed by atoms with E-state index in [1.807, 2.05) is 0 Å². The lowest BCUT2D eigenvalue weighted by molar-refractivity contribution is 0.0942. The van der Waals surface area contributed by atoms with Crippen LogP contribution in [0.25, 0.3) is 0 Å². The van der Waals surface area contributed by atoms with Crippen LogP contribution < -0.4 is 0 Å². The Morgan fingerprint density at radius 1 is 1.33 bits per heavy atom. The lowest BCUT2D eigenvalue weighted by Crippen LogP contribution is -2.26. The fraction of sp³-hybridized carbons (Fsp3) is 1.00. The summed E-state index contributed by atoms with van der Waals surface area (Å²) in [6.07, 6.45) is 4.33. The Kier molecular flexibility index (Phi) is 7.08. The second kappa shape index (κ2) is 6.86. The van der Waals surface area contributed by atoms with Gasteiger partial charge in [-0.25, -0.2) is 0 Å². The molecule has 0 aromatic heterocycles. The van der Waals surface area contributed by atoms with Gasteiger partial charge in [-0.3, -0.25) is 0 Å². The fourth-order valence-corrected chi connectivity index (χ4v) is 1.93. The second-order valence-electron chi connectivity index (χ2n) is 3.85. The smallest absolute Gasteiger partial charge is 0.0605 e. The maximum atomic E-state index is 9.69. The summed E-state index contributed by atoms with van der Waals surface area (Å²) in [7, 11) is 2.62. The molecule has 0 amide bonds. The highest BCUT2D eigenvalue weighted by Gasteiger charge is 2.20. The Bertz CT molecular complexity index is 104. The van der Waals surface area contributed by atoms with Crippen molar-refractivity contribution in [1.29, 1.82) is 0 Å². The van der Waals surface area contributed by atoms with Crippen molar-refractivity contribution in [2.75, 3.05) is 6.16 Å². The molecule has 0 aliphatic carbocycles. The molecule has 0 aliphatic heterocycles. The molecule has 0 aliphatic rings. The highest BCUT2D eigenvalue weighted by Crippen LogP contribution is 2.23. The van der Waals surface area contributed by atoms with Crippen molar-refractivity contribution in [3.63, 3.8) is 0 Å². The van der Waals surface area contributed by atoms with Crippen LogP contribution in [0.4, 0.5) is 0 Å². The zero-order valence-corrected chi connectivity index (χ0v) is 9.74. The average molecular weight is 190 g/mol. The first-order valence-electron chi connectivity index (χ1n) is 5.01.